The molecule has 3 nitrogen and oxygen atoms in total. The van der Waals surface area contributed by atoms with Gasteiger partial charge in [0.2, 0.25) is 5.91 Å². The van der Waals surface area contributed by atoms with Crippen molar-refractivity contribution in [3.05, 3.63) is 22.4 Å². The minimum atomic E-state index is 0.312. The largest absolute Gasteiger partial charge is 0.338 e. The van der Waals surface area contributed by atoms with E-state index >= 15 is 0 Å². The van der Waals surface area contributed by atoms with Crippen LogP contribution >= 0.6 is 11.3 Å². The van der Waals surface area contributed by atoms with E-state index in [1.165, 1.54) is 17.7 Å². The van der Waals surface area contributed by atoms with E-state index in [-0.39, 0.29) is 0 Å². The Bertz CT molecular complexity index is 399. The van der Waals surface area contributed by atoms with Crippen LogP contribution in [0.4, 0.5) is 0 Å². The van der Waals surface area contributed by atoms with Crippen LogP contribution in [0.3, 0.4) is 0 Å². The van der Waals surface area contributed by atoms with Crippen LogP contribution in [0.5, 0.6) is 0 Å². The maximum atomic E-state index is 12.5. The molecule has 1 atom stereocenters. The highest BCUT2D eigenvalue weighted by atomic mass is 32.1. The zero-order chi connectivity index (χ0) is 14.4. The Morgan fingerprint density at radius 1 is 1.50 bits per heavy atom. The average molecular weight is 294 g/mol. The number of hydrogen-bond acceptors (Lipinski definition) is 3. The number of carbonyl (C=O) groups excluding carboxylic acids is 1. The van der Waals surface area contributed by atoms with E-state index in [2.05, 4.69) is 36.7 Å². The quantitative estimate of drug-likeness (QED) is 0.874. The van der Waals surface area contributed by atoms with Crippen LogP contribution in [0.1, 0.15) is 38.0 Å². The first kappa shape index (κ1) is 15.5. The number of nitrogens with one attached hydrogen (secondary N) is 1. The van der Waals surface area contributed by atoms with Gasteiger partial charge in [-0.3, -0.25) is 4.79 Å². The second-order valence-electron chi connectivity index (χ2n) is 5.76. The molecule has 0 aliphatic carbocycles. The Kier molecular flexibility index (Phi) is 6.05. The lowest BCUT2D eigenvalue weighted by molar-refractivity contribution is -0.133. The Morgan fingerprint density at radius 3 is 2.85 bits per heavy atom. The molecule has 1 aromatic heterocycles. The summed E-state index contributed by atoms with van der Waals surface area (Å²) in [4.78, 5) is 15.7. The molecule has 0 bridgehead atoms. The zero-order valence-electron chi connectivity index (χ0n) is 12.6. The summed E-state index contributed by atoms with van der Waals surface area (Å²) in [5.41, 5.74) is 0. The summed E-state index contributed by atoms with van der Waals surface area (Å²) >= 11 is 1.73. The molecule has 1 aliphatic rings. The average Bonchev–Trinajstić information content (AvgIpc) is 2.98. The fourth-order valence-corrected chi connectivity index (χ4v) is 3.67. The van der Waals surface area contributed by atoms with Gasteiger partial charge in [0.1, 0.15) is 0 Å². The van der Waals surface area contributed by atoms with Crippen molar-refractivity contribution in [3.8, 4) is 0 Å². The first-order valence-electron chi connectivity index (χ1n) is 7.71. The topological polar surface area (TPSA) is 32.3 Å². The Labute approximate surface area is 126 Å². The van der Waals surface area contributed by atoms with Crippen molar-refractivity contribution in [1.29, 1.82) is 0 Å². The van der Waals surface area contributed by atoms with Crippen molar-refractivity contribution < 1.29 is 4.79 Å². The van der Waals surface area contributed by atoms with Crippen LogP contribution in [0.2, 0.25) is 0 Å². The van der Waals surface area contributed by atoms with Crippen LogP contribution in [0.15, 0.2) is 17.5 Å². The summed E-state index contributed by atoms with van der Waals surface area (Å²) in [7, 11) is 0. The Balaban J connectivity index is 1.84. The first-order valence-corrected chi connectivity index (χ1v) is 8.59. The van der Waals surface area contributed by atoms with Gasteiger partial charge in [0.05, 0.1) is 6.54 Å². The van der Waals surface area contributed by atoms with E-state index in [0.29, 0.717) is 24.2 Å². The summed E-state index contributed by atoms with van der Waals surface area (Å²) in [6, 6.07) is 4.16. The van der Waals surface area contributed by atoms with Gasteiger partial charge in [0, 0.05) is 17.8 Å². The molecule has 20 heavy (non-hydrogen) atoms. The Morgan fingerprint density at radius 2 is 2.25 bits per heavy atom. The molecule has 0 spiro atoms. The third-order valence-corrected chi connectivity index (χ3v) is 5.21. The fourth-order valence-electron chi connectivity index (χ4n) is 2.95. The minimum absolute atomic E-state index is 0.312. The molecule has 4 heteroatoms. The molecule has 2 rings (SSSR count). The Hall–Kier alpha value is -0.870. The van der Waals surface area contributed by atoms with E-state index in [1.54, 1.807) is 11.3 Å². The highest BCUT2D eigenvalue weighted by molar-refractivity contribution is 7.09. The fraction of sp³-hybridized carbons (Fsp3) is 0.688. The van der Waals surface area contributed by atoms with E-state index in [0.717, 1.165) is 26.2 Å². The van der Waals surface area contributed by atoms with Crippen molar-refractivity contribution in [2.45, 2.75) is 39.7 Å². The molecule has 1 N–H and O–H groups in total. The van der Waals surface area contributed by atoms with Gasteiger partial charge in [-0.2, -0.15) is 0 Å². The van der Waals surface area contributed by atoms with Crippen LogP contribution < -0.4 is 5.32 Å². The minimum Gasteiger partial charge on any atom is -0.338 e. The zero-order valence-corrected chi connectivity index (χ0v) is 13.4. The number of nitrogens with zero attached hydrogens (tertiary/aromatic N) is 1. The molecule has 0 saturated carbocycles. The summed E-state index contributed by atoms with van der Waals surface area (Å²) in [5.74, 6) is 1.52. The third-order valence-electron chi connectivity index (χ3n) is 4.35. The maximum Gasteiger partial charge on any atom is 0.223 e. The molecule has 1 aliphatic heterocycles. The van der Waals surface area contributed by atoms with Gasteiger partial charge >= 0.3 is 0 Å². The van der Waals surface area contributed by atoms with Gasteiger partial charge in [-0.25, -0.2) is 0 Å². The molecule has 1 aromatic rings. The van der Waals surface area contributed by atoms with Crippen LogP contribution in [-0.2, 0) is 11.3 Å². The lowest BCUT2D eigenvalue weighted by atomic mass is 9.84. The number of thiophene rings is 1. The van der Waals surface area contributed by atoms with Crippen LogP contribution in [0.25, 0.3) is 0 Å². The second kappa shape index (κ2) is 7.79. The summed E-state index contributed by atoms with van der Waals surface area (Å²) in [6.07, 6.45) is 3.13. The van der Waals surface area contributed by atoms with E-state index < -0.39 is 0 Å². The predicted molar refractivity (Wildman–Crippen MR) is 84.8 cm³/mol. The van der Waals surface area contributed by atoms with Gasteiger partial charge in [0.15, 0.2) is 0 Å². The predicted octanol–water partition coefficient (Wildman–Crippen LogP) is 3.12. The van der Waals surface area contributed by atoms with Gasteiger partial charge in [0.25, 0.3) is 0 Å². The molecule has 1 saturated heterocycles. The monoisotopic (exact) mass is 294 g/mol. The van der Waals surface area contributed by atoms with Gasteiger partial charge in [-0.1, -0.05) is 13.0 Å². The van der Waals surface area contributed by atoms with Crippen molar-refractivity contribution in [3.63, 3.8) is 0 Å². The summed E-state index contributed by atoms with van der Waals surface area (Å²) in [5, 5.41) is 5.47. The maximum absolute atomic E-state index is 12.5. The van der Waals surface area contributed by atoms with Crippen LogP contribution in [0, 0.1) is 11.8 Å². The molecular weight excluding hydrogens is 268 g/mol. The molecule has 1 fully saturated rings. The number of rotatable bonds is 6. The lowest BCUT2D eigenvalue weighted by Gasteiger charge is -2.29. The third kappa shape index (κ3) is 4.32. The second-order valence-corrected chi connectivity index (χ2v) is 6.79. The summed E-state index contributed by atoms with van der Waals surface area (Å²) in [6.45, 7) is 8.10. The van der Waals surface area contributed by atoms with E-state index in [4.69, 9.17) is 0 Å². The smallest absolute Gasteiger partial charge is 0.223 e. The standard InChI is InChI=1S/C16H26N2OS/c1-3-18(12-15-5-4-10-20-15)16(19)11-13(2)14-6-8-17-9-7-14/h4-5,10,13-14,17H,3,6-9,11-12H2,1-2H3. The van der Waals surface area contributed by atoms with Gasteiger partial charge < -0.3 is 10.2 Å². The highest BCUT2D eigenvalue weighted by Crippen LogP contribution is 2.25. The van der Waals surface area contributed by atoms with Crippen molar-refractivity contribution in [2.75, 3.05) is 19.6 Å². The van der Waals surface area contributed by atoms with E-state index in [1.807, 2.05) is 4.90 Å². The number of carbonyl (C=O) groups is 1. The summed E-state index contributed by atoms with van der Waals surface area (Å²) < 4.78 is 0. The highest BCUT2D eigenvalue weighted by Gasteiger charge is 2.24. The first-order chi connectivity index (χ1) is 9.70. The van der Waals surface area contributed by atoms with Crippen molar-refractivity contribution in [2.24, 2.45) is 11.8 Å². The van der Waals surface area contributed by atoms with Crippen molar-refractivity contribution in [1.82, 2.24) is 10.2 Å². The van der Waals surface area contributed by atoms with Gasteiger partial charge in [-0.05, 0) is 56.1 Å². The molecule has 0 aromatic carbocycles. The number of amides is 1. The van der Waals surface area contributed by atoms with Crippen LogP contribution in [-0.4, -0.2) is 30.4 Å². The molecule has 1 amide bonds. The lowest BCUT2D eigenvalue weighted by Crippen LogP contribution is -2.35. The molecular formula is C16H26N2OS. The molecule has 1 unspecified atom stereocenters. The van der Waals surface area contributed by atoms with Crippen molar-refractivity contribution >= 4 is 17.2 Å². The molecule has 2 heterocycles. The number of hydrogen-bond donors (Lipinski definition) is 1. The normalized spacial score (nSPS) is 17.9. The molecule has 112 valence electrons. The number of piperidine rings is 1. The van der Waals surface area contributed by atoms with Gasteiger partial charge in [-0.15, -0.1) is 11.3 Å². The molecule has 0 radical (unpaired) electrons. The SMILES string of the molecule is CCN(Cc1cccs1)C(=O)CC(C)C1CCNCC1. The van der Waals surface area contributed by atoms with E-state index in [9.17, 15) is 4.79 Å².